The normalized spacial score (nSPS) is 13.0. The molecule has 0 fully saturated rings. The lowest BCUT2D eigenvalue weighted by Crippen LogP contribution is -2.45. The predicted octanol–water partition coefficient (Wildman–Crippen LogP) is 0.408. The number of nitrogens with one attached hydrogen (secondary N) is 1. The van der Waals surface area contributed by atoms with Crippen molar-refractivity contribution in [2.24, 2.45) is 0 Å². The van der Waals surface area contributed by atoms with E-state index in [1.165, 1.54) is 0 Å². The first-order valence-electron chi connectivity index (χ1n) is 5.75. The van der Waals surface area contributed by atoms with Crippen molar-refractivity contribution in [3.8, 4) is 0 Å². The van der Waals surface area contributed by atoms with Gasteiger partial charge in [0.2, 0.25) is 0 Å². The molecule has 2 N–H and O–H groups in total. The number of carboxylic acids is 1. The van der Waals surface area contributed by atoms with E-state index >= 15 is 0 Å². The first-order chi connectivity index (χ1) is 7.61. The largest absolute Gasteiger partial charge is 0.480 e. The Bertz CT molecular complexity index is 188. The van der Waals surface area contributed by atoms with Gasteiger partial charge in [-0.1, -0.05) is 6.92 Å². The second-order valence-corrected chi connectivity index (χ2v) is 3.95. The lowest BCUT2D eigenvalue weighted by Gasteiger charge is -2.21. The first kappa shape index (κ1) is 15.3. The molecular formula is C11H24N2O3. The van der Waals surface area contributed by atoms with Crippen LogP contribution in [-0.4, -0.2) is 62.4 Å². The van der Waals surface area contributed by atoms with Crippen LogP contribution in [0.25, 0.3) is 0 Å². The standard InChI is InChI=1S/C11H24N2O3/c1-4-6-12-10(11(14)15)9-13(2)7-5-8-16-3/h10,12H,4-9H2,1-3H3,(H,14,15). The van der Waals surface area contributed by atoms with E-state index in [-0.39, 0.29) is 0 Å². The van der Waals surface area contributed by atoms with E-state index < -0.39 is 12.0 Å². The van der Waals surface area contributed by atoms with Crippen molar-refractivity contribution in [2.75, 3.05) is 40.4 Å². The number of carbonyl (C=O) groups is 1. The maximum atomic E-state index is 11.0. The molecule has 0 heterocycles. The fourth-order valence-corrected chi connectivity index (χ4v) is 1.43. The number of methoxy groups -OCH3 is 1. The summed E-state index contributed by atoms with van der Waals surface area (Å²) in [5, 5.41) is 12.0. The Hall–Kier alpha value is -0.650. The molecule has 1 unspecified atom stereocenters. The number of carboxylic acid groups (broad SMARTS) is 1. The highest BCUT2D eigenvalue weighted by molar-refractivity contribution is 5.73. The molecule has 5 nitrogen and oxygen atoms in total. The Morgan fingerprint density at radius 1 is 1.56 bits per heavy atom. The van der Waals surface area contributed by atoms with Gasteiger partial charge in [-0.15, -0.1) is 0 Å². The van der Waals surface area contributed by atoms with Crippen LogP contribution in [0.2, 0.25) is 0 Å². The zero-order valence-electron chi connectivity index (χ0n) is 10.5. The van der Waals surface area contributed by atoms with E-state index in [9.17, 15) is 4.79 Å². The number of aliphatic carboxylic acids is 1. The van der Waals surface area contributed by atoms with Gasteiger partial charge in [-0.3, -0.25) is 4.79 Å². The molecule has 0 aromatic rings. The van der Waals surface area contributed by atoms with Crippen molar-refractivity contribution in [3.63, 3.8) is 0 Å². The number of hydrogen-bond donors (Lipinski definition) is 2. The summed E-state index contributed by atoms with van der Waals surface area (Å²) in [6.45, 7) is 4.85. The van der Waals surface area contributed by atoms with Gasteiger partial charge in [0.1, 0.15) is 6.04 Å². The molecule has 0 radical (unpaired) electrons. The van der Waals surface area contributed by atoms with E-state index in [4.69, 9.17) is 9.84 Å². The highest BCUT2D eigenvalue weighted by atomic mass is 16.5. The second kappa shape index (κ2) is 9.57. The molecule has 0 aliphatic carbocycles. The molecular weight excluding hydrogens is 208 g/mol. The minimum absolute atomic E-state index is 0.479. The molecule has 0 rings (SSSR count). The maximum absolute atomic E-state index is 11.0. The Morgan fingerprint density at radius 3 is 2.75 bits per heavy atom. The molecule has 0 bridgehead atoms. The second-order valence-electron chi connectivity index (χ2n) is 3.95. The summed E-state index contributed by atoms with van der Waals surface area (Å²) in [6, 6.07) is -0.479. The number of ether oxygens (including phenoxy) is 1. The first-order valence-corrected chi connectivity index (χ1v) is 5.75. The van der Waals surface area contributed by atoms with Gasteiger partial charge in [0, 0.05) is 26.8 Å². The van der Waals surface area contributed by atoms with Gasteiger partial charge in [-0.05, 0) is 26.4 Å². The average Bonchev–Trinajstić information content (AvgIpc) is 2.24. The SMILES string of the molecule is CCCNC(CN(C)CCCOC)C(=O)O. The summed E-state index contributed by atoms with van der Waals surface area (Å²) < 4.78 is 4.95. The van der Waals surface area contributed by atoms with Crippen LogP contribution in [-0.2, 0) is 9.53 Å². The van der Waals surface area contributed by atoms with E-state index in [1.807, 2.05) is 18.9 Å². The van der Waals surface area contributed by atoms with Gasteiger partial charge in [0.25, 0.3) is 0 Å². The van der Waals surface area contributed by atoms with Gasteiger partial charge >= 0.3 is 5.97 Å². The summed E-state index contributed by atoms with van der Waals surface area (Å²) >= 11 is 0. The van der Waals surface area contributed by atoms with Gasteiger partial charge in [0.15, 0.2) is 0 Å². The molecule has 0 spiro atoms. The zero-order valence-corrected chi connectivity index (χ0v) is 10.5. The van der Waals surface area contributed by atoms with Crippen LogP contribution in [0.5, 0.6) is 0 Å². The third-order valence-electron chi connectivity index (χ3n) is 2.32. The van der Waals surface area contributed by atoms with Crippen LogP contribution in [0, 0.1) is 0 Å². The minimum atomic E-state index is -0.785. The van der Waals surface area contributed by atoms with Crippen molar-refractivity contribution in [2.45, 2.75) is 25.8 Å². The molecule has 96 valence electrons. The number of hydrogen-bond acceptors (Lipinski definition) is 4. The average molecular weight is 232 g/mol. The molecule has 0 aliphatic heterocycles. The molecule has 0 saturated heterocycles. The molecule has 0 amide bonds. The molecule has 0 saturated carbocycles. The van der Waals surface area contributed by atoms with E-state index in [1.54, 1.807) is 7.11 Å². The predicted molar refractivity (Wildman–Crippen MR) is 63.7 cm³/mol. The van der Waals surface area contributed by atoms with Crippen LogP contribution in [0.3, 0.4) is 0 Å². The summed E-state index contributed by atoms with van der Waals surface area (Å²) in [7, 11) is 3.60. The Kier molecular flexibility index (Phi) is 9.18. The van der Waals surface area contributed by atoms with Crippen LogP contribution < -0.4 is 5.32 Å². The van der Waals surface area contributed by atoms with Gasteiger partial charge < -0.3 is 20.1 Å². The Labute approximate surface area is 97.8 Å². The summed E-state index contributed by atoms with van der Waals surface area (Å²) in [5.41, 5.74) is 0. The quantitative estimate of drug-likeness (QED) is 0.534. The van der Waals surface area contributed by atoms with Gasteiger partial charge in [-0.25, -0.2) is 0 Å². The molecule has 0 aromatic carbocycles. The summed E-state index contributed by atoms with van der Waals surface area (Å²) in [6.07, 6.45) is 1.87. The highest BCUT2D eigenvalue weighted by Gasteiger charge is 2.17. The van der Waals surface area contributed by atoms with Crippen molar-refractivity contribution in [1.82, 2.24) is 10.2 Å². The fourth-order valence-electron chi connectivity index (χ4n) is 1.43. The monoisotopic (exact) mass is 232 g/mol. The molecule has 16 heavy (non-hydrogen) atoms. The lowest BCUT2D eigenvalue weighted by atomic mass is 10.2. The topological polar surface area (TPSA) is 61.8 Å². The minimum Gasteiger partial charge on any atom is -0.480 e. The zero-order chi connectivity index (χ0) is 12.4. The number of rotatable bonds is 10. The smallest absolute Gasteiger partial charge is 0.322 e. The van der Waals surface area contributed by atoms with Crippen LogP contribution in [0.15, 0.2) is 0 Å². The maximum Gasteiger partial charge on any atom is 0.322 e. The summed E-state index contributed by atoms with van der Waals surface area (Å²) in [4.78, 5) is 13.0. The van der Waals surface area contributed by atoms with E-state index in [0.717, 1.165) is 25.9 Å². The van der Waals surface area contributed by atoms with Crippen LogP contribution >= 0.6 is 0 Å². The third-order valence-corrected chi connectivity index (χ3v) is 2.32. The fraction of sp³-hybridized carbons (Fsp3) is 0.909. The third kappa shape index (κ3) is 7.62. The van der Waals surface area contributed by atoms with Crippen molar-refractivity contribution < 1.29 is 14.6 Å². The van der Waals surface area contributed by atoms with Crippen LogP contribution in [0.1, 0.15) is 19.8 Å². The van der Waals surface area contributed by atoms with Gasteiger partial charge in [0.05, 0.1) is 0 Å². The van der Waals surface area contributed by atoms with E-state index in [0.29, 0.717) is 13.2 Å². The summed E-state index contributed by atoms with van der Waals surface area (Å²) in [5.74, 6) is -0.785. The Balaban J connectivity index is 3.83. The molecule has 5 heteroatoms. The van der Waals surface area contributed by atoms with Crippen LogP contribution in [0.4, 0.5) is 0 Å². The molecule has 1 atom stereocenters. The highest BCUT2D eigenvalue weighted by Crippen LogP contribution is 1.93. The molecule has 0 aromatic heterocycles. The van der Waals surface area contributed by atoms with Crippen molar-refractivity contribution in [1.29, 1.82) is 0 Å². The van der Waals surface area contributed by atoms with E-state index in [2.05, 4.69) is 5.32 Å². The molecule has 0 aliphatic rings. The van der Waals surface area contributed by atoms with Gasteiger partial charge in [-0.2, -0.15) is 0 Å². The van der Waals surface area contributed by atoms with Crippen molar-refractivity contribution in [3.05, 3.63) is 0 Å². The number of nitrogens with zero attached hydrogens (tertiary/aromatic N) is 1. The lowest BCUT2D eigenvalue weighted by molar-refractivity contribution is -0.139. The Morgan fingerprint density at radius 2 is 2.25 bits per heavy atom. The number of likely N-dealkylation sites (N-methyl/N-ethyl adjacent to an activating group) is 1. The van der Waals surface area contributed by atoms with Crippen molar-refractivity contribution >= 4 is 5.97 Å².